The molecule has 0 heterocycles. The second-order valence-electron chi connectivity index (χ2n) is 5.49. The molecule has 0 atom stereocenters. The van der Waals surface area contributed by atoms with E-state index < -0.39 is 0 Å². The molecule has 0 aromatic heterocycles. The number of ether oxygens (including phenoxy) is 2. The standard InChI is InChI=1S/C18H30ClNO2/c1-4-6-7-8-9-10-11-20-14-15-12-16(19)18(22-5-2)17(13-15)21-3/h12-13,20H,4-11,14H2,1-3H3. The van der Waals surface area contributed by atoms with Crippen LogP contribution in [-0.4, -0.2) is 20.3 Å². The fraction of sp³-hybridized carbons (Fsp3) is 0.667. The Labute approximate surface area is 140 Å². The number of hydrogen-bond donors (Lipinski definition) is 1. The second-order valence-corrected chi connectivity index (χ2v) is 5.89. The number of rotatable bonds is 12. The van der Waals surface area contributed by atoms with Crippen LogP contribution in [0.3, 0.4) is 0 Å². The van der Waals surface area contributed by atoms with Crippen LogP contribution in [0.5, 0.6) is 11.5 Å². The third-order valence-electron chi connectivity index (χ3n) is 3.61. The van der Waals surface area contributed by atoms with Gasteiger partial charge in [0.15, 0.2) is 11.5 Å². The molecule has 0 spiro atoms. The highest BCUT2D eigenvalue weighted by Gasteiger charge is 2.11. The van der Waals surface area contributed by atoms with Crippen LogP contribution in [0.25, 0.3) is 0 Å². The summed E-state index contributed by atoms with van der Waals surface area (Å²) in [7, 11) is 1.64. The van der Waals surface area contributed by atoms with E-state index in [1.165, 1.54) is 38.5 Å². The van der Waals surface area contributed by atoms with E-state index in [1.54, 1.807) is 7.11 Å². The van der Waals surface area contributed by atoms with Gasteiger partial charge in [0.25, 0.3) is 0 Å². The summed E-state index contributed by atoms with van der Waals surface area (Å²) in [6.45, 7) is 6.60. The van der Waals surface area contributed by atoms with Crippen LogP contribution in [0.15, 0.2) is 12.1 Å². The molecular weight excluding hydrogens is 298 g/mol. The van der Waals surface area contributed by atoms with Crippen LogP contribution >= 0.6 is 11.6 Å². The Morgan fingerprint density at radius 2 is 1.77 bits per heavy atom. The van der Waals surface area contributed by atoms with Crippen LogP contribution < -0.4 is 14.8 Å². The van der Waals surface area contributed by atoms with Crippen LogP contribution in [0, 0.1) is 0 Å². The highest BCUT2D eigenvalue weighted by atomic mass is 35.5. The first-order valence-electron chi connectivity index (χ1n) is 8.42. The Morgan fingerprint density at radius 3 is 2.45 bits per heavy atom. The van der Waals surface area contributed by atoms with E-state index in [2.05, 4.69) is 12.2 Å². The van der Waals surface area contributed by atoms with E-state index in [-0.39, 0.29) is 0 Å². The first-order chi connectivity index (χ1) is 10.7. The highest BCUT2D eigenvalue weighted by Crippen LogP contribution is 2.36. The van der Waals surface area contributed by atoms with Crippen molar-refractivity contribution in [2.45, 2.75) is 58.9 Å². The zero-order chi connectivity index (χ0) is 16.2. The van der Waals surface area contributed by atoms with Gasteiger partial charge in [-0.1, -0.05) is 50.6 Å². The SMILES string of the molecule is CCCCCCCCNCc1cc(Cl)c(OCC)c(OC)c1. The minimum absolute atomic E-state index is 0.575. The molecule has 0 aliphatic heterocycles. The van der Waals surface area contributed by atoms with Gasteiger partial charge >= 0.3 is 0 Å². The minimum Gasteiger partial charge on any atom is -0.493 e. The zero-order valence-corrected chi connectivity index (χ0v) is 15.0. The van der Waals surface area contributed by atoms with Gasteiger partial charge in [-0.25, -0.2) is 0 Å². The fourth-order valence-corrected chi connectivity index (χ4v) is 2.71. The van der Waals surface area contributed by atoms with E-state index in [4.69, 9.17) is 21.1 Å². The van der Waals surface area contributed by atoms with E-state index in [0.29, 0.717) is 23.1 Å². The normalized spacial score (nSPS) is 10.7. The summed E-state index contributed by atoms with van der Waals surface area (Å²) < 4.78 is 10.9. The molecule has 0 aliphatic carbocycles. The van der Waals surface area contributed by atoms with Gasteiger partial charge in [0, 0.05) is 6.54 Å². The number of methoxy groups -OCH3 is 1. The molecule has 1 N–H and O–H groups in total. The molecule has 22 heavy (non-hydrogen) atoms. The molecule has 0 bridgehead atoms. The summed E-state index contributed by atoms with van der Waals surface area (Å²) in [5.41, 5.74) is 1.12. The van der Waals surface area contributed by atoms with Crippen molar-refractivity contribution in [3.63, 3.8) is 0 Å². The van der Waals surface area contributed by atoms with Gasteiger partial charge in [0.05, 0.1) is 18.7 Å². The van der Waals surface area contributed by atoms with Crippen molar-refractivity contribution < 1.29 is 9.47 Å². The minimum atomic E-state index is 0.575. The van der Waals surface area contributed by atoms with Crippen LogP contribution in [0.2, 0.25) is 5.02 Å². The van der Waals surface area contributed by atoms with Crippen molar-refractivity contribution in [1.29, 1.82) is 0 Å². The Balaban J connectivity index is 2.35. The predicted octanol–water partition coefficient (Wildman–Crippen LogP) is 5.20. The van der Waals surface area contributed by atoms with Gasteiger partial charge in [0.1, 0.15) is 0 Å². The van der Waals surface area contributed by atoms with Crippen LogP contribution in [-0.2, 0) is 6.54 Å². The van der Waals surface area contributed by atoms with E-state index in [1.807, 2.05) is 19.1 Å². The maximum atomic E-state index is 6.27. The van der Waals surface area contributed by atoms with Crippen molar-refractivity contribution in [3.05, 3.63) is 22.7 Å². The van der Waals surface area contributed by atoms with Gasteiger partial charge in [-0.05, 0) is 37.6 Å². The quantitative estimate of drug-likeness (QED) is 0.535. The Kier molecular flexibility index (Phi) is 10.1. The molecule has 0 saturated carbocycles. The first kappa shape index (κ1) is 19.1. The lowest BCUT2D eigenvalue weighted by atomic mass is 10.1. The summed E-state index contributed by atoms with van der Waals surface area (Å²) in [6, 6.07) is 3.94. The first-order valence-corrected chi connectivity index (χ1v) is 8.80. The molecule has 1 aromatic carbocycles. The van der Waals surface area contributed by atoms with Gasteiger partial charge in [-0.15, -0.1) is 0 Å². The summed E-state index contributed by atoms with van der Waals surface area (Å²) in [5.74, 6) is 1.33. The molecule has 0 saturated heterocycles. The van der Waals surface area contributed by atoms with E-state index >= 15 is 0 Å². The lowest BCUT2D eigenvalue weighted by molar-refractivity contribution is 0.311. The monoisotopic (exact) mass is 327 g/mol. The van der Waals surface area contributed by atoms with Crippen LogP contribution in [0.4, 0.5) is 0 Å². The molecule has 1 aromatic rings. The number of nitrogens with one attached hydrogen (secondary N) is 1. The van der Waals surface area contributed by atoms with E-state index in [0.717, 1.165) is 18.7 Å². The van der Waals surface area contributed by atoms with Gasteiger partial charge in [0.2, 0.25) is 0 Å². The van der Waals surface area contributed by atoms with Crippen LogP contribution in [0.1, 0.15) is 57.9 Å². The second kappa shape index (κ2) is 11.6. The third-order valence-corrected chi connectivity index (χ3v) is 3.89. The molecule has 0 amide bonds. The van der Waals surface area contributed by atoms with Gasteiger partial charge in [-0.2, -0.15) is 0 Å². The smallest absolute Gasteiger partial charge is 0.179 e. The summed E-state index contributed by atoms with van der Waals surface area (Å²) >= 11 is 6.27. The maximum absolute atomic E-state index is 6.27. The predicted molar refractivity (Wildman–Crippen MR) is 94.3 cm³/mol. The van der Waals surface area contributed by atoms with Crippen molar-refractivity contribution in [2.75, 3.05) is 20.3 Å². The lowest BCUT2D eigenvalue weighted by Gasteiger charge is -2.13. The molecule has 3 nitrogen and oxygen atoms in total. The average Bonchev–Trinajstić information content (AvgIpc) is 2.52. The molecule has 0 fully saturated rings. The number of benzene rings is 1. The molecule has 0 unspecified atom stereocenters. The molecular formula is C18H30ClNO2. The lowest BCUT2D eigenvalue weighted by Crippen LogP contribution is -2.14. The molecule has 1 rings (SSSR count). The third kappa shape index (κ3) is 6.89. The zero-order valence-electron chi connectivity index (χ0n) is 14.2. The van der Waals surface area contributed by atoms with Crippen molar-refractivity contribution in [1.82, 2.24) is 5.32 Å². The highest BCUT2D eigenvalue weighted by molar-refractivity contribution is 6.32. The van der Waals surface area contributed by atoms with Crippen molar-refractivity contribution in [2.24, 2.45) is 0 Å². The van der Waals surface area contributed by atoms with E-state index in [9.17, 15) is 0 Å². The van der Waals surface area contributed by atoms with Gasteiger partial charge in [-0.3, -0.25) is 0 Å². The van der Waals surface area contributed by atoms with Gasteiger partial charge < -0.3 is 14.8 Å². The summed E-state index contributed by atoms with van der Waals surface area (Å²) in [6.07, 6.45) is 7.91. The fourth-order valence-electron chi connectivity index (χ4n) is 2.42. The molecule has 0 radical (unpaired) electrons. The number of halogens is 1. The maximum Gasteiger partial charge on any atom is 0.179 e. The average molecular weight is 328 g/mol. The largest absolute Gasteiger partial charge is 0.493 e. The Morgan fingerprint density at radius 1 is 1.05 bits per heavy atom. The topological polar surface area (TPSA) is 30.5 Å². The summed E-state index contributed by atoms with van der Waals surface area (Å²) in [4.78, 5) is 0. The molecule has 4 heteroatoms. The summed E-state index contributed by atoms with van der Waals surface area (Å²) in [5, 5.41) is 4.08. The van der Waals surface area contributed by atoms with Crippen molar-refractivity contribution >= 4 is 11.6 Å². The molecule has 0 aliphatic rings. The van der Waals surface area contributed by atoms with Crippen molar-refractivity contribution in [3.8, 4) is 11.5 Å². The Bertz CT molecular complexity index is 424. The number of hydrogen-bond acceptors (Lipinski definition) is 3. The molecule has 126 valence electrons. The Hall–Kier alpha value is -0.930. The number of unbranched alkanes of at least 4 members (excludes halogenated alkanes) is 5.